The van der Waals surface area contributed by atoms with Gasteiger partial charge in [0.05, 0.1) is 4.47 Å². The van der Waals surface area contributed by atoms with Crippen molar-refractivity contribution in [2.24, 2.45) is 0 Å². The summed E-state index contributed by atoms with van der Waals surface area (Å²) in [6.07, 6.45) is 4.06. The molecule has 1 aromatic heterocycles. The Balaban J connectivity index is 2.05. The maximum absolute atomic E-state index is 4.44. The molecule has 0 aromatic carbocycles. The zero-order valence-electron chi connectivity index (χ0n) is 11.1. The van der Waals surface area contributed by atoms with Crippen LogP contribution in [0, 0.1) is 0 Å². The first-order valence-electron chi connectivity index (χ1n) is 6.27. The minimum atomic E-state index is 0.479. The van der Waals surface area contributed by atoms with Gasteiger partial charge in [0.1, 0.15) is 5.82 Å². The molecule has 2 heterocycles. The van der Waals surface area contributed by atoms with Gasteiger partial charge in [-0.25, -0.2) is 4.98 Å². The van der Waals surface area contributed by atoms with E-state index in [9.17, 15) is 0 Å². The molecule has 2 N–H and O–H groups in total. The summed E-state index contributed by atoms with van der Waals surface area (Å²) in [4.78, 5) is 11.0. The van der Waals surface area contributed by atoms with Crippen LogP contribution in [0.1, 0.15) is 19.8 Å². The third kappa shape index (κ3) is 3.11. The highest BCUT2D eigenvalue weighted by Gasteiger charge is 2.23. The van der Waals surface area contributed by atoms with E-state index >= 15 is 0 Å². The lowest BCUT2D eigenvalue weighted by molar-refractivity contribution is 0.190. The highest BCUT2D eigenvalue weighted by atomic mass is 79.9. The molecule has 2 atom stereocenters. The molecule has 1 fully saturated rings. The summed E-state index contributed by atoms with van der Waals surface area (Å²) >= 11 is 3.49. The lowest BCUT2D eigenvalue weighted by Gasteiger charge is -2.35. The van der Waals surface area contributed by atoms with E-state index in [0.717, 1.165) is 29.7 Å². The third-order valence-corrected chi connectivity index (χ3v) is 4.10. The van der Waals surface area contributed by atoms with Gasteiger partial charge in [-0.3, -0.25) is 0 Å². The fraction of sp³-hybridized carbons (Fsp3) is 0.667. The third-order valence-electron chi connectivity index (χ3n) is 3.52. The maximum Gasteiger partial charge on any atom is 0.224 e. The van der Waals surface area contributed by atoms with Crippen LogP contribution < -0.4 is 10.6 Å². The molecular formula is C12H20BrN5. The van der Waals surface area contributed by atoms with Gasteiger partial charge in [-0.1, -0.05) is 0 Å². The predicted octanol–water partition coefficient (Wildman–Crippen LogP) is 2.18. The number of anilines is 2. The Bertz CT molecular complexity index is 411. The van der Waals surface area contributed by atoms with Gasteiger partial charge in [0.25, 0.3) is 0 Å². The van der Waals surface area contributed by atoms with Crippen LogP contribution in [0.5, 0.6) is 0 Å². The molecule has 1 aliphatic rings. The Kier molecular flexibility index (Phi) is 4.40. The monoisotopic (exact) mass is 313 g/mol. The number of likely N-dealkylation sites (tertiary alicyclic amines) is 1. The Hall–Kier alpha value is -0.880. The Labute approximate surface area is 117 Å². The van der Waals surface area contributed by atoms with Crippen LogP contribution in [0.2, 0.25) is 0 Å². The summed E-state index contributed by atoms with van der Waals surface area (Å²) in [7, 11) is 4.01. The topological polar surface area (TPSA) is 53.1 Å². The molecule has 0 aliphatic carbocycles. The first-order chi connectivity index (χ1) is 8.60. The molecule has 2 rings (SSSR count). The minimum Gasteiger partial charge on any atom is -0.366 e. The number of nitrogens with zero attached hydrogens (tertiary/aromatic N) is 3. The van der Waals surface area contributed by atoms with Crippen molar-refractivity contribution in [3.8, 4) is 0 Å². The van der Waals surface area contributed by atoms with Gasteiger partial charge in [-0.2, -0.15) is 4.98 Å². The van der Waals surface area contributed by atoms with Gasteiger partial charge in [-0.15, -0.1) is 0 Å². The van der Waals surface area contributed by atoms with E-state index < -0.39 is 0 Å². The van der Waals surface area contributed by atoms with E-state index in [2.05, 4.69) is 55.4 Å². The molecule has 1 aromatic rings. The van der Waals surface area contributed by atoms with E-state index in [1.165, 1.54) is 0 Å². The summed E-state index contributed by atoms with van der Waals surface area (Å²) in [6, 6.07) is 1.09. The number of hydrogen-bond donors (Lipinski definition) is 2. The van der Waals surface area contributed by atoms with Gasteiger partial charge in [0, 0.05) is 31.9 Å². The number of nitrogens with one attached hydrogen (secondary N) is 2. The molecule has 18 heavy (non-hydrogen) atoms. The smallest absolute Gasteiger partial charge is 0.224 e. The normalized spacial score (nSPS) is 24.9. The lowest BCUT2D eigenvalue weighted by atomic mass is 9.99. The van der Waals surface area contributed by atoms with Crippen molar-refractivity contribution in [2.75, 3.05) is 31.3 Å². The molecular weight excluding hydrogens is 294 g/mol. The molecule has 0 amide bonds. The van der Waals surface area contributed by atoms with Crippen molar-refractivity contribution in [3.05, 3.63) is 10.7 Å². The van der Waals surface area contributed by atoms with Crippen LogP contribution in [-0.4, -0.2) is 47.6 Å². The van der Waals surface area contributed by atoms with Gasteiger partial charge in [-0.05, 0) is 42.7 Å². The lowest BCUT2D eigenvalue weighted by Crippen LogP contribution is -2.42. The fourth-order valence-electron chi connectivity index (χ4n) is 2.20. The number of hydrogen-bond acceptors (Lipinski definition) is 5. The van der Waals surface area contributed by atoms with Crippen molar-refractivity contribution in [1.82, 2.24) is 14.9 Å². The van der Waals surface area contributed by atoms with Gasteiger partial charge in [0.15, 0.2) is 0 Å². The van der Waals surface area contributed by atoms with Crippen molar-refractivity contribution < 1.29 is 0 Å². The SMILES string of the molecule is CNc1ncc(Br)c(NC2CCN(C)C(C)C2)n1. The Morgan fingerprint density at radius 2 is 2.28 bits per heavy atom. The molecule has 6 heteroatoms. The van der Waals surface area contributed by atoms with Crippen LogP contribution in [0.3, 0.4) is 0 Å². The summed E-state index contributed by atoms with van der Waals surface area (Å²) in [5, 5.41) is 6.47. The van der Waals surface area contributed by atoms with E-state index in [1.807, 2.05) is 7.05 Å². The maximum atomic E-state index is 4.44. The summed E-state index contributed by atoms with van der Waals surface area (Å²) in [5.74, 6) is 1.51. The quantitative estimate of drug-likeness (QED) is 0.895. The van der Waals surface area contributed by atoms with Crippen LogP contribution in [-0.2, 0) is 0 Å². The second kappa shape index (κ2) is 5.84. The summed E-state index contributed by atoms with van der Waals surface area (Å²) < 4.78 is 0.910. The highest BCUT2D eigenvalue weighted by molar-refractivity contribution is 9.10. The second-order valence-corrected chi connectivity index (χ2v) is 5.69. The highest BCUT2D eigenvalue weighted by Crippen LogP contribution is 2.24. The molecule has 1 aliphatic heterocycles. The van der Waals surface area contributed by atoms with Crippen LogP contribution in [0.4, 0.5) is 11.8 Å². The molecule has 5 nitrogen and oxygen atoms in total. The molecule has 1 saturated heterocycles. The van der Waals surface area contributed by atoms with Gasteiger partial charge >= 0.3 is 0 Å². The minimum absolute atomic E-state index is 0.479. The molecule has 100 valence electrons. The predicted molar refractivity (Wildman–Crippen MR) is 78.0 cm³/mol. The largest absolute Gasteiger partial charge is 0.366 e. The molecule has 0 saturated carbocycles. The van der Waals surface area contributed by atoms with Crippen molar-refractivity contribution in [2.45, 2.75) is 31.8 Å². The zero-order chi connectivity index (χ0) is 13.1. The number of aromatic nitrogens is 2. The van der Waals surface area contributed by atoms with E-state index in [4.69, 9.17) is 0 Å². The Morgan fingerprint density at radius 3 is 2.94 bits per heavy atom. The fourth-order valence-corrected chi connectivity index (χ4v) is 2.51. The number of piperidine rings is 1. The average molecular weight is 314 g/mol. The molecule has 0 radical (unpaired) electrons. The molecule has 0 bridgehead atoms. The summed E-state index contributed by atoms with van der Waals surface area (Å²) in [6.45, 7) is 3.39. The van der Waals surface area contributed by atoms with Crippen LogP contribution >= 0.6 is 15.9 Å². The van der Waals surface area contributed by atoms with Gasteiger partial charge < -0.3 is 15.5 Å². The second-order valence-electron chi connectivity index (χ2n) is 4.84. The molecule has 2 unspecified atom stereocenters. The number of rotatable bonds is 3. The van der Waals surface area contributed by atoms with Crippen LogP contribution in [0.15, 0.2) is 10.7 Å². The zero-order valence-corrected chi connectivity index (χ0v) is 12.7. The first-order valence-corrected chi connectivity index (χ1v) is 7.06. The Morgan fingerprint density at radius 1 is 1.50 bits per heavy atom. The van der Waals surface area contributed by atoms with Crippen molar-refractivity contribution in [3.63, 3.8) is 0 Å². The van der Waals surface area contributed by atoms with Crippen molar-refractivity contribution >= 4 is 27.7 Å². The van der Waals surface area contributed by atoms with Crippen LogP contribution in [0.25, 0.3) is 0 Å². The number of halogens is 1. The first kappa shape index (κ1) is 13.5. The molecule has 0 spiro atoms. The average Bonchev–Trinajstić information content (AvgIpc) is 2.36. The van der Waals surface area contributed by atoms with Gasteiger partial charge in [0.2, 0.25) is 5.95 Å². The summed E-state index contributed by atoms with van der Waals surface area (Å²) in [5.41, 5.74) is 0. The van der Waals surface area contributed by atoms with E-state index in [-0.39, 0.29) is 0 Å². The standard InChI is InChI=1S/C12H20BrN5/c1-8-6-9(4-5-18(8)3)16-11-10(13)7-15-12(14-2)17-11/h7-9H,4-6H2,1-3H3,(H2,14,15,16,17). The van der Waals surface area contributed by atoms with Crippen molar-refractivity contribution in [1.29, 1.82) is 0 Å². The van der Waals surface area contributed by atoms with E-state index in [1.54, 1.807) is 6.20 Å². The van der Waals surface area contributed by atoms with E-state index in [0.29, 0.717) is 18.0 Å².